The highest BCUT2D eigenvalue weighted by atomic mass is 16.2. The molecule has 2 amide bonds. The number of amides is 2. The molecule has 2 aliphatic heterocycles. The van der Waals surface area contributed by atoms with Crippen LogP contribution in [-0.4, -0.2) is 73.8 Å². The van der Waals surface area contributed by atoms with Gasteiger partial charge in [-0.1, -0.05) is 76.2 Å². The number of imidazole rings is 2. The normalized spacial score (nSPS) is 19.6. The molecule has 0 saturated carbocycles. The van der Waals surface area contributed by atoms with Crippen molar-refractivity contribution in [1.29, 1.82) is 0 Å². The molecule has 10 nitrogen and oxygen atoms in total. The van der Waals surface area contributed by atoms with E-state index >= 15 is 0 Å². The summed E-state index contributed by atoms with van der Waals surface area (Å²) < 4.78 is 0. The number of hydrogen-bond acceptors (Lipinski definition) is 6. The molecule has 5 N–H and O–H groups in total. The lowest BCUT2D eigenvalue weighted by Crippen LogP contribution is -2.47. The summed E-state index contributed by atoms with van der Waals surface area (Å²) in [4.78, 5) is 46.5. The molecule has 4 atom stereocenters. The van der Waals surface area contributed by atoms with Gasteiger partial charge in [-0.2, -0.15) is 0 Å². The van der Waals surface area contributed by atoms with E-state index in [0.29, 0.717) is 6.54 Å². The number of benzene rings is 2. The molecule has 2 aliphatic rings. The molecule has 1 unspecified atom stereocenters. The summed E-state index contributed by atoms with van der Waals surface area (Å²) >= 11 is 0. The summed E-state index contributed by atoms with van der Waals surface area (Å²) in [6.45, 7) is 9.58. The lowest BCUT2D eigenvalue weighted by molar-refractivity contribution is -0.136. The molecule has 248 valence electrons. The Morgan fingerprint density at radius 3 is 1.55 bits per heavy atom. The number of nitrogens with zero attached hydrogens (tertiary/aromatic N) is 4. The third kappa shape index (κ3) is 6.62. The average Bonchev–Trinajstić information content (AvgIpc) is 3.90. The zero-order valence-electron chi connectivity index (χ0n) is 28.2. The van der Waals surface area contributed by atoms with Crippen molar-refractivity contribution in [3.05, 3.63) is 72.6 Å². The van der Waals surface area contributed by atoms with Crippen molar-refractivity contribution in [3.8, 4) is 33.6 Å². The van der Waals surface area contributed by atoms with Crippen molar-refractivity contribution >= 4 is 11.8 Å². The zero-order valence-corrected chi connectivity index (χ0v) is 28.2. The van der Waals surface area contributed by atoms with E-state index in [9.17, 15) is 9.59 Å². The van der Waals surface area contributed by atoms with Crippen molar-refractivity contribution in [3.63, 3.8) is 0 Å². The van der Waals surface area contributed by atoms with Gasteiger partial charge in [-0.15, -0.1) is 0 Å². The third-order valence-electron chi connectivity index (χ3n) is 9.87. The van der Waals surface area contributed by atoms with Crippen molar-refractivity contribution in [2.45, 2.75) is 77.5 Å². The summed E-state index contributed by atoms with van der Waals surface area (Å²) in [6, 6.07) is 16.1. The van der Waals surface area contributed by atoms with Crippen LogP contribution in [0.4, 0.5) is 0 Å². The van der Waals surface area contributed by atoms with E-state index in [4.69, 9.17) is 10.7 Å². The van der Waals surface area contributed by atoms with Gasteiger partial charge in [-0.25, -0.2) is 9.97 Å². The van der Waals surface area contributed by atoms with Crippen LogP contribution in [0, 0.1) is 11.8 Å². The number of hydrogen-bond donors (Lipinski definition) is 4. The van der Waals surface area contributed by atoms with Gasteiger partial charge in [-0.3, -0.25) is 9.59 Å². The number of carbonyl (C=O) groups excluding carboxylic acids is 2. The monoisotopic (exact) mass is 636 g/mol. The topological polar surface area (TPSA) is 136 Å². The van der Waals surface area contributed by atoms with Crippen LogP contribution in [-0.2, 0) is 9.59 Å². The average molecular weight is 637 g/mol. The highest BCUT2D eigenvalue weighted by Crippen LogP contribution is 2.35. The molecule has 10 heteroatoms. The molecule has 47 heavy (non-hydrogen) atoms. The van der Waals surface area contributed by atoms with Gasteiger partial charge in [0.05, 0.1) is 47.9 Å². The second-order valence-corrected chi connectivity index (χ2v) is 13.7. The van der Waals surface area contributed by atoms with E-state index in [1.807, 2.05) is 43.1 Å². The standard InChI is InChI=1S/C37H48N8O2/c1-22(2)32(38)36(46)44-18-6-8-30(44)34-40-20-28(42-34)26-14-10-24(11-15-26)25-12-16-27(17-13-25)29-21-41-35(43-29)31-9-7-19-45(31)37(47)33(39-5)23(3)4/h10-17,20-23,30-33,39H,6-9,18-19,38H2,1-5H3,(H,40,42)(H,41,43)/t30?,31-,32-,33-/m0/s1. The van der Waals surface area contributed by atoms with Crippen molar-refractivity contribution < 1.29 is 9.59 Å². The Balaban J connectivity index is 1.12. The second kappa shape index (κ2) is 13.8. The maximum Gasteiger partial charge on any atom is 0.240 e. The molecule has 2 aromatic heterocycles. The number of likely N-dealkylation sites (tertiary alicyclic amines) is 2. The van der Waals surface area contributed by atoms with Crippen LogP contribution in [0.25, 0.3) is 33.6 Å². The largest absolute Gasteiger partial charge is 0.340 e. The Kier molecular flexibility index (Phi) is 9.61. The molecule has 4 aromatic rings. The number of carbonyl (C=O) groups is 2. The van der Waals surface area contributed by atoms with E-state index in [1.165, 1.54) is 0 Å². The summed E-state index contributed by atoms with van der Waals surface area (Å²) in [5.41, 5.74) is 12.4. The Bertz CT molecular complexity index is 1670. The maximum atomic E-state index is 13.3. The number of rotatable bonds is 10. The minimum Gasteiger partial charge on any atom is -0.340 e. The van der Waals surface area contributed by atoms with Crippen molar-refractivity contribution in [2.75, 3.05) is 20.1 Å². The number of nitrogens with two attached hydrogens (primary N) is 1. The first kappa shape index (κ1) is 32.7. The Hall–Kier alpha value is -4.28. The number of nitrogens with one attached hydrogen (secondary N) is 3. The Morgan fingerprint density at radius 2 is 1.15 bits per heavy atom. The number of likely N-dealkylation sites (N-methyl/N-ethyl adjacent to an activating group) is 1. The lowest BCUT2D eigenvalue weighted by Gasteiger charge is -2.29. The predicted molar refractivity (Wildman–Crippen MR) is 185 cm³/mol. The number of H-pyrrole nitrogens is 2. The maximum absolute atomic E-state index is 13.3. The minimum absolute atomic E-state index is 0.000654. The van der Waals surface area contributed by atoms with Crippen LogP contribution in [0.5, 0.6) is 0 Å². The van der Waals surface area contributed by atoms with E-state index < -0.39 is 6.04 Å². The van der Waals surface area contributed by atoms with E-state index in [1.54, 1.807) is 0 Å². The fraction of sp³-hybridized carbons (Fsp3) is 0.459. The molecule has 0 radical (unpaired) electrons. The van der Waals surface area contributed by atoms with Gasteiger partial charge in [0, 0.05) is 13.1 Å². The van der Waals surface area contributed by atoms with Crippen LogP contribution in [0.3, 0.4) is 0 Å². The Morgan fingerprint density at radius 1 is 0.723 bits per heavy atom. The fourth-order valence-electron chi connectivity index (χ4n) is 7.02. The predicted octanol–water partition coefficient (Wildman–Crippen LogP) is 5.69. The lowest BCUT2D eigenvalue weighted by atomic mass is 10.0. The quantitative estimate of drug-likeness (QED) is 0.177. The van der Waals surface area contributed by atoms with Crippen molar-refractivity contribution in [1.82, 2.24) is 35.1 Å². The Labute approximate surface area is 277 Å². The molecule has 0 aliphatic carbocycles. The first-order valence-electron chi connectivity index (χ1n) is 17.0. The summed E-state index contributed by atoms with van der Waals surface area (Å²) in [6.07, 6.45) is 7.44. The fourth-order valence-corrected chi connectivity index (χ4v) is 7.02. The van der Waals surface area contributed by atoms with Crippen LogP contribution in [0.15, 0.2) is 60.9 Å². The van der Waals surface area contributed by atoms with Crippen molar-refractivity contribution in [2.24, 2.45) is 17.6 Å². The van der Waals surface area contributed by atoms with E-state index in [0.717, 1.165) is 77.5 Å². The first-order chi connectivity index (χ1) is 22.7. The van der Waals surface area contributed by atoms with E-state index in [2.05, 4.69) is 82.6 Å². The van der Waals surface area contributed by atoms with Crippen LogP contribution < -0.4 is 11.1 Å². The molecular weight excluding hydrogens is 588 g/mol. The van der Waals surface area contributed by atoms with Gasteiger partial charge in [-0.05, 0) is 66.8 Å². The zero-order chi connectivity index (χ0) is 33.2. The number of aromatic amines is 2. The highest BCUT2D eigenvalue weighted by molar-refractivity contribution is 5.83. The molecular formula is C37H48N8O2. The van der Waals surface area contributed by atoms with Gasteiger partial charge in [0.1, 0.15) is 11.6 Å². The van der Waals surface area contributed by atoms with Gasteiger partial charge < -0.3 is 30.8 Å². The highest BCUT2D eigenvalue weighted by Gasteiger charge is 2.37. The van der Waals surface area contributed by atoms with Gasteiger partial charge in [0.15, 0.2) is 0 Å². The minimum atomic E-state index is -0.496. The van der Waals surface area contributed by atoms with E-state index in [-0.39, 0.29) is 41.8 Å². The first-order valence-corrected chi connectivity index (χ1v) is 17.0. The molecule has 0 bridgehead atoms. The number of aromatic nitrogens is 4. The van der Waals surface area contributed by atoms with Gasteiger partial charge in [0.2, 0.25) is 11.8 Å². The smallest absolute Gasteiger partial charge is 0.240 e. The second-order valence-electron chi connectivity index (χ2n) is 13.7. The summed E-state index contributed by atoms with van der Waals surface area (Å²) in [7, 11) is 1.85. The molecule has 4 heterocycles. The third-order valence-corrected chi connectivity index (χ3v) is 9.87. The molecule has 2 aromatic carbocycles. The molecule has 6 rings (SSSR count). The SMILES string of the molecule is CN[C@H](C(=O)N1CCC[C@H]1c1ncc(-c2ccc(-c3ccc(-c4cnc(C5CCCN5C(=O)[C@@H](N)C(C)C)[nH]4)cc3)cc2)[nH]1)C(C)C. The van der Waals surface area contributed by atoms with Crippen LogP contribution in [0.2, 0.25) is 0 Å². The molecule has 0 spiro atoms. The van der Waals surface area contributed by atoms with Gasteiger partial charge in [0.25, 0.3) is 0 Å². The summed E-state index contributed by atoms with van der Waals surface area (Å²) in [5.74, 6) is 2.11. The summed E-state index contributed by atoms with van der Waals surface area (Å²) in [5, 5.41) is 3.19. The van der Waals surface area contributed by atoms with Gasteiger partial charge >= 0.3 is 0 Å². The van der Waals surface area contributed by atoms with Crippen LogP contribution >= 0.6 is 0 Å². The molecule has 2 saturated heterocycles. The molecule has 2 fully saturated rings. The van der Waals surface area contributed by atoms with Crippen LogP contribution in [0.1, 0.15) is 77.1 Å².